The lowest BCUT2D eigenvalue weighted by molar-refractivity contribution is -0.137. The van der Waals surface area contributed by atoms with Gasteiger partial charge in [0.1, 0.15) is 17.0 Å². The summed E-state index contributed by atoms with van der Waals surface area (Å²) in [6, 6.07) is 0.788. The summed E-state index contributed by atoms with van der Waals surface area (Å²) in [7, 11) is 0. The molecule has 2 N–H and O–H groups in total. The Bertz CT molecular complexity index is 526. The van der Waals surface area contributed by atoms with Crippen LogP contribution in [0.5, 0.6) is 0 Å². The van der Waals surface area contributed by atoms with E-state index in [2.05, 4.69) is 15.6 Å². The molecule has 1 unspecified atom stereocenters. The zero-order valence-corrected chi connectivity index (χ0v) is 12.9. The summed E-state index contributed by atoms with van der Waals surface area (Å²) in [6.07, 6.45) is -4.53. The molecule has 1 aromatic rings. The number of aromatic nitrogens is 1. The minimum atomic E-state index is -4.53. The lowest BCUT2D eigenvalue weighted by Crippen LogP contribution is -2.47. The van der Waals surface area contributed by atoms with E-state index in [1.165, 1.54) is 6.92 Å². The van der Waals surface area contributed by atoms with Gasteiger partial charge in [-0.2, -0.15) is 13.2 Å². The van der Waals surface area contributed by atoms with Gasteiger partial charge in [-0.3, -0.25) is 4.79 Å². The van der Waals surface area contributed by atoms with Gasteiger partial charge in [-0.05, 0) is 39.8 Å². The van der Waals surface area contributed by atoms with Crippen LogP contribution in [0.3, 0.4) is 0 Å². The number of nitrogens with zero attached hydrogens (tertiary/aromatic N) is 1. The molecule has 0 saturated heterocycles. The number of rotatable bonds is 3. The molecule has 8 heteroatoms. The number of alkyl halides is 3. The van der Waals surface area contributed by atoms with Crippen molar-refractivity contribution < 1.29 is 18.0 Å². The lowest BCUT2D eigenvalue weighted by Gasteiger charge is -2.24. The maximum absolute atomic E-state index is 12.7. The molecule has 0 aliphatic rings. The van der Waals surface area contributed by atoms with E-state index in [9.17, 15) is 18.0 Å². The molecule has 1 heterocycles. The molecule has 4 nitrogen and oxygen atoms in total. The Balaban J connectivity index is 2.88. The summed E-state index contributed by atoms with van der Waals surface area (Å²) in [5.74, 6) is -0.454. The Kier molecular flexibility index (Phi) is 5.09. The maximum Gasteiger partial charge on any atom is 0.416 e. The number of hydrogen-bond donors (Lipinski definition) is 2. The fraction of sp³-hybridized carbons (Fsp3) is 0.538. The van der Waals surface area contributed by atoms with Gasteiger partial charge >= 0.3 is 6.18 Å². The smallest absolute Gasteiger partial charge is 0.359 e. The second-order valence-corrected chi connectivity index (χ2v) is 6.05. The molecule has 1 rings (SSSR count). The third-order valence-electron chi connectivity index (χ3n) is 2.38. The Hall–Kier alpha value is -1.50. The first kappa shape index (κ1) is 17.6. The number of hydrogen-bond acceptors (Lipinski definition) is 3. The Morgan fingerprint density at radius 2 is 1.86 bits per heavy atom. The highest BCUT2D eigenvalue weighted by molar-refractivity contribution is 6.29. The number of carbonyl (C=O) groups is 1. The molecule has 0 spiro atoms. The molecule has 1 amide bonds. The van der Waals surface area contributed by atoms with Gasteiger partial charge in [-0.1, -0.05) is 11.6 Å². The topological polar surface area (TPSA) is 54.0 Å². The fourth-order valence-electron chi connectivity index (χ4n) is 1.50. The highest BCUT2D eigenvalue weighted by Crippen LogP contribution is 2.32. The van der Waals surface area contributed by atoms with E-state index >= 15 is 0 Å². The summed E-state index contributed by atoms with van der Waals surface area (Å²) in [4.78, 5) is 15.6. The van der Waals surface area contributed by atoms with Crippen LogP contribution in [0.2, 0.25) is 5.15 Å². The van der Waals surface area contributed by atoms with Crippen LogP contribution in [0, 0.1) is 0 Å². The van der Waals surface area contributed by atoms with Crippen molar-refractivity contribution in [2.75, 3.05) is 5.32 Å². The van der Waals surface area contributed by atoms with Crippen LogP contribution >= 0.6 is 11.6 Å². The van der Waals surface area contributed by atoms with Crippen LogP contribution in [0.1, 0.15) is 33.3 Å². The Labute approximate surface area is 126 Å². The predicted octanol–water partition coefficient (Wildman–Crippen LogP) is 3.47. The third-order valence-corrected chi connectivity index (χ3v) is 2.57. The van der Waals surface area contributed by atoms with E-state index in [1.54, 1.807) is 20.8 Å². The molecule has 0 fully saturated rings. The molecule has 118 valence electrons. The van der Waals surface area contributed by atoms with Crippen LogP contribution in [-0.4, -0.2) is 22.5 Å². The van der Waals surface area contributed by atoms with Gasteiger partial charge in [0.25, 0.3) is 0 Å². The average Bonchev–Trinajstić information content (AvgIpc) is 2.24. The Morgan fingerprint density at radius 3 is 2.33 bits per heavy atom. The van der Waals surface area contributed by atoms with Crippen molar-refractivity contribution in [1.29, 1.82) is 0 Å². The zero-order valence-electron chi connectivity index (χ0n) is 12.1. The van der Waals surface area contributed by atoms with Crippen LogP contribution in [0.25, 0.3) is 0 Å². The average molecular weight is 324 g/mol. The largest absolute Gasteiger partial charge is 0.416 e. The molecule has 0 saturated carbocycles. The van der Waals surface area contributed by atoms with Crippen molar-refractivity contribution in [3.05, 3.63) is 22.8 Å². The van der Waals surface area contributed by atoms with Gasteiger partial charge in [-0.25, -0.2) is 4.98 Å². The van der Waals surface area contributed by atoms with Gasteiger partial charge in [0.15, 0.2) is 0 Å². The van der Waals surface area contributed by atoms with Crippen LogP contribution in [-0.2, 0) is 11.0 Å². The van der Waals surface area contributed by atoms with Crippen molar-refractivity contribution in [1.82, 2.24) is 10.3 Å². The summed E-state index contributed by atoms with van der Waals surface area (Å²) >= 11 is 5.57. The lowest BCUT2D eigenvalue weighted by atomic mass is 10.1. The monoisotopic (exact) mass is 323 g/mol. The Morgan fingerprint density at radius 1 is 1.29 bits per heavy atom. The molecule has 0 aliphatic heterocycles. The minimum Gasteiger partial charge on any atom is -0.359 e. The molecule has 0 radical (unpaired) electrons. The van der Waals surface area contributed by atoms with Gasteiger partial charge in [0, 0.05) is 5.54 Å². The van der Waals surface area contributed by atoms with Gasteiger partial charge in [0.05, 0.1) is 5.56 Å². The second kappa shape index (κ2) is 6.09. The molecule has 0 aromatic carbocycles. The zero-order chi connectivity index (χ0) is 16.4. The number of anilines is 1. The number of nitrogens with one attached hydrogen (secondary N) is 2. The first-order valence-corrected chi connectivity index (χ1v) is 6.59. The van der Waals surface area contributed by atoms with E-state index in [4.69, 9.17) is 11.6 Å². The van der Waals surface area contributed by atoms with E-state index < -0.39 is 23.3 Å². The SMILES string of the molecule is CC(Nc1cc(C(F)(F)F)cc(Cl)n1)C(=O)NC(C)(C)C. The number of halogens is 4. The van der Waals surface area contributed by atoms with Gasteiger partial charge < -0.3 is 10.6 Å². The van der Waals surface area contributed by atoms with Gasteiger partial charge in [-0.15, -0.1) is 0 Å². The molecule has 0 bridgehead atoms. The van der Waals surface area contributed by atoms with Crippen LogP contribution in [0.4, 0.5) is 19.0 Å². The summed E-state index contributed by atoms with van der Waals surface area (Å²) < 4.78 is 38.0. The summed E-state index contributed by atoms with van der Waals surface area (Å²) in [5.41, 5.74) is -1.36. The molecule has 21 heavy (non-hydrogen) atoms. The van der Waals surface area contributed by atoms with E-state index in [0.29, 0.717) is 0 Å². The van der Waals surface area contributed by atoms with E-state index in [0.717, 1.165) is 12.1 Å². The van der Waals surface area contributed by atoms with Crippen molar-refractivity contribution >= 4 is 23.3 Å². The van der Waals surface area contributed by atoms with Crippen LogP contribution < -0.4 is 10.6 Å². The van der Waals surface area contributed by atoms with Crippen molar-refractivity contribution in [3.63, 3.8) is 0 Å². The predicted molar refractivity (Wildman–Crippen MR) is 75.2 cm³/mol. The number of pyridine rings is 1. The third kappa shape index (κ3) is 5.79. The van der Waals surface area contributed by atoms with E-state index in [1.807, 2.05) is 0 Å². The highest BCUT2D eigenvalue weighted by Gasteiger charge is 2.32. The normalized spacial score (nSPS) is 13.7. The minimum absolute atomic E-state index is 0.105. The molecule has 1 aromatic heterocycles. The van der Waals surface area contributed by atoms with Crippen molar-refractivity contribution in [3.8, 4) is 0 Å². The quantitative estimate of drug-likeness (QED) is 0.837. The van der Waals surface area contributed by atoms with Crippen molar-refractivity contribution in [2.24, 2.45) is 0 Å². The molecular weight excluding hydrogens is 307 g/mol. The number of amides is 1. The first-order valence-electron chi connectivity index (χ1n) is 6.22. The summed E-state index contributed by atoms with van der Waals surface area (Å²) in [6.45, 7) is 6.93. The van der Waals surface area contributed by atoms with Crippen molar-refractivity contribution in [2.45, 2.75) is 45.5 Å². The fourth-order valence-corrected chi connectivity index (χ4v) is 1.71. The second-order valence-electron chi connectivity index (χ2n) is 5.67. The molecule has 1 atom stereocenters. The molecular formula is C13H17ClF3N3O. The highest BCUT2D eigenvalue weighted by atomic mass is 35.5. The maximum atomic E-state index is 12.7. The van der Waals surface area contributed by atoms with E-state index in [-0.39, 0.29) is 16.9 Å². The van der Waals surface area contributed by atoms with Crippen LogP contribution in [0.15, 0.2) is 12.1 Å². The molecule has 0 aliphatic carbocycles. The first-order chi connectivity index (χ1) is 9.38. The number of carbonyl (C=O) groups excluding carboxylic acids is 1. The van der Waals surface area contributed by atoms with Gasteiger partial charge in [0.2, 0.25) is 5.91 Å². The standard InChI is InChI=1S/C13H17ClF3N3O/c1-7(11(21)20-12(2,3)4)18-10-6-8(13(15,16)17)5-9(14)19-10/h5-7H,1-4H3,(H,18,19)(H,20,21). The summed E-state index contributed by atoms with van der Waals surface area (Å²) in [5, 5.41) is 5.03.